The van der Waals surface area contributed by atoms with E-state index in [4.69, 9.17) is 10.5 Å². The van der Waals surface area contributed by atoms with Gasteiger partial charge in [-0.1, -0.05) is 30.7 Å². The first-order valence-corrected chi connectivity index (χ1v) is 8.78. The number of nitrogens with two attached hydrogens (primary N) is 1. The molecule has 0 spiro atoms. The molecule has 4 heteroatoms. The van der Waals surface area contributed by atoms with Crippen molar-refractivity contribution in [1.29, 1.82) is 0 Å². The average molecular weight is 316 g/mol. The second-order valence-electron chi connectivity index (χ2n) is 7.12. The van der Waals surface area contributed by atoms with Gasteiger partial charge in [-0.15, -0.1) is 0 Å². The van der Waals surface area contributed by atoms with E-state index in [1.54, 1.807) is 7.11 Å². The highest BCUT2D eigenvalue weighted by Gasteiger charge is 2.40. The molecule has 2 unspecified atom stereocenters. The number of methoxy groups -OCH3 is 1. The van der Waals surface area contributed by atoms with Crippen molar-refractivity contribution in [2.75, 3.05) is 7.11 Å². The molecule has 1 amide bonds. The molecule has 126 valence electrons. The largest absolute Gasteiger partial charge is 0.380 e. The van der Waals surface area contributed by atoms with Crippen LogP contribution < -0.4 is 11.1 Å². The molecule has 3 rings (SSSR count). The van der Waals surface area contributed by atoms with Crippen molar-refractivity contribution < 1.29 is 9.53 Å². The Bertz CT molecular complexity index is 532. The lowest BCUT2D eigenvalue weighted by Crippen LogP contribution is -2.49. The van der Waals surface area contributed by atoms with Crippen molar-refractivity contribution in [2.24, 2.45) is 23.5 Å². The third kappa shape index (κ3) is 3.75. The highest BCUT2D eigenvalue weighted by Crippen LogP contribution is 2.41. The van der Waals surface area contributed by atoms with Gasteiger partial charge in [-0.05, 0) is 48.6 Å². The monoisotopic (exact) mass is 316 g/mol. The minimum atomic E-state index is 0.139. The number of hydrogen-bond donors (Lipinski definition) is 2. The number of nitrogens with one attached hydrogen (secondary N) is 1. The van der Waals surface area contributed by atoms with Gasteiger partial charge < -0.3 is 15.8 Å². The predicted octanol–water partition coefficient (Wildman–Crippen LogP) is 2.60. The summed E-state index contributed by atoms with van der Waals surface area (Å²) in [6.07, 6.45) is 5.59. The van der Waals surface area contributed by atoms with Crippen molar-refractivity contribution in [3.05, 3.63) is 35.4 Å². The zero-order valence-electron chi connectivity index (χ0n) is 14.0. The molecule has 1 aromatic carbocycles. The molecule has 0 aromatic heterocycles. The van der Waals surface area contributed by atoms with Gasteiger partial charge in [-0.25, -0.2) is 0 Å². The van der Waals surface area contributed by atoms with Crippen LogP contribution in [0.3, 0.4) is 0 Å². The second kappa shape index (κ2) is 7.45. The van der Waals surface area contributed by atoms with Gasteiger partial charge in [-0.2, -0.15) is 0 Å². The van der Waals surface area contributed by atoms with E-state index in [0.29, 0.717) is 31.0 Å². The number of ether oxygens (including phenoxy) is 1. The van der Waals surface area contributed by atoms with E-state index in [-0.39, 0.29) is 11.8 Å². The van der Waals surface area contributed by atoms with Gasteiger partial charge in [-0.3, -0.25) is 4.79 Å². The van der Waals surface area contributed by atoms with Crippen molar-refractivity contribution in [3.63, 3.8) is 0 Å². The Morgan fingerprint density at radius 1 is 1.22 bits per heavy atom. The summed E-state index contributed by atoms with van der Waals surface area (Å²) in [6.45, 7) is 1.16. The zero-order chi connectivity index (χ0) is 16.2. The number of carbonyl (C=O) groups excluding carboxylic acids is 1. The lowest BCUT2D eigenvalue weighted by atomic mass is 9.65. The van der Waals surface area contributed by atoms with Crippen LogP contribution in [0.15, 0.2) is 24.3 Å². The molecule has 2 atom stereocenters. The van der Waals surface area contributed by atoms with Crippen LogP contribution in [-0.2, 0) is 22.7 Å². The van der Waals surface area contributed by atoms with E-state index in [1.807, 2.05) is 12.1 Å². The average Bonchev–Trinajstić information content (AvgIpc) is 2.54. The Morgan fingerprint density at radius 3 is 2.52 bits per heavy atom. The normalized spacial score (nSPS) is 30.0. The maximum absolute atomic E-state index is 12.6. The molecule has 2 saturated carbocycles. The third-order valence-corrected chi connectivity index (χ3v) is 5.66. The molecule has 2 fully saturated rings. The molecular formula is C19H28N2O2. The van der Waals surface area contributed by atoms with Gasteiger partial charge >= 0.3 is 0 Å². The topological polar surface area (TPSA) is 64.3 Å². The molecule has 0 saturated heterocycles. The Balaban J connectivity index is 1.58. The molecule has 0 heterocycles. The minimum Gasteiger partial charge on any atom is -0.380 e. The maximum Gasteiger partial charge on any atom is 0.223 e. The lowest BCUT2D eigenvalue weighted by molar-refractivity contribution is -0.128. The van der Waals surface area contributed by atoms with E-state index < -0.39 is 0 Å². The van der Waals surface area contributed by atoms with Gasteiger partial charge in [0, 0.05) is 25.6 Å². The van der Waals surface area contributed by atoms with Crippen molar-refractivity contribution in [2.45, 2.75) is 51.3 Å². The summed E-state index contributed by atoms with van der Waals surface area (Å²) in [7, 11) is 1.69. The molecule has 2 bridgehead atoms. The van der Waals surface area contributed by atoms with E-state index in [0.717, 1.165) is 24.0 Å². The maximum atomic E-state index is 12.6. The fraction of sp³-hybridized carbons (Fsp3) is 0.632. The number of fused-ring (bicyclic) bond motifs is 2. The summed E-state index contributed by atoms with van der Waals surface area (Å²) >= 11 is 0. The van der Waals surface area contributed by atoms with Gasteiger partial charge in [0.1, 0.15) is 0 Å². The summed E-state index contributed by atoms with van der Waals surface area (Å²) in [5.74, 6) is 1.42. The minimum absolute atomic E-state index is 0.139. The van der Waals surface area contributed by atoms with Crippen molar-refractivity contribution >= 4 is 5.91 Å². The second-order valence-corrected chi connectivity index (χ2v) is 7.12. The Hall–Kier alpha value is -1.39. The fourth-order valence-electron chi connectivity index (χ4n) is 4.36. The van der Waals surface area contributed by atoms with Gasteiger partial charge in [0.2, 0.25) is 5.91 Å². The van der Waals surface area contributed by atoms with Crippen LogP contribution in [0.5, 0.6) is 0 Å². The molecular weight excluding hydrogens is 288 g/mol. The van der Waals surface area contributed by atoms with Crippen molar-refractivity contribution in [1.82, 2.24) is 5.32 Å². The van der Waals surface area contributed by atoms with Crippen LogP contribution in [0.25, 0.3) is 0 Å². The standard InChI is InChI=1S/C19H28N2O2/c1-23-12-16-6-3-2-5-15(16)11-21-19(22)17-9-13-7-4-8-14(10-17)18(13)20/h2-3,5-6,13-14,17-18H,4,7-12,20H2,1H3,(H,21,22). The summed E-state index contributed by atoms with van der Waals surface area (Å²) in [4.78, 5) is 12.6. The summed E-state index contributed by atoms with van der Waals surface area (Å²) in [5.41, 5.74) is 8.59. The van der Waals surface area contributed by atoms with E-state index in [9.17, 15) is 4.79 Å². The van der Waals surface area contributed by atoms with E-state index >= 15 is 0 Å². The Morgan fingerprint density at radius 2 is 1.87 bits per heavy atom. The highest BCUT2D eigenvalue weighted by atomic mass is 16.5. The van der Waals surface area contributed by atoms with Gasteiger partial charge in [0.15, 0.2) is 0 Å². The Kier molecular flexibility index (Phi) is 5.34. The molecule has 2 aliphatic rings. The SMILES string of the molecule is COCc1ccccc1CNC(=O)C1CC2CCCC(C1)C2N. The smallest absolute Gasteiger partial charge is 0.223 e. The predicted molar refractivity (Wildman–Crippen MR) is 90.5 cm³/mol. The summed E-state index contributed by atoms with van der Waals surface area (Å²) < 4.78 is 5.23. The van der Waals surface area contributed by atoms with Gasteiger partial charge in [0.25, 0.3) is 0 Å². The first-order chi connectivity index (χ1) is 11.2. The number of benzene rings is 1. The van der Waals surface area contributed by atoms with Gasteiger partial charge in [0.05, 0.1) is 6.61 Å². The van der Waals surface area contributed by atoms with E-state index in [2.05, 4.69) is 17.4 Å². The van der Waals surface area contributed by atoms with Crippen molar-refractivity contribution in [3.8, 4) is 0 Å². The molecule has 0 radical (unpaired) electrons. The highest BCUT2D eigenvalue weighted by molar-refractivity contribution is 5.78. The van der Waals surface area contributed by atoms with Crippen LogP contribution in [0, 0.1) is 17.8 Å². The number of rotatable bonds is 5. The molecule has 1 aromatic rings. The first kappa shape index (κ1) is 16.5. The first-order valence-electron chi connectivity index (χ1n) is 8.78. The Labute approximate surface area is 138 Å². The summed E-state index contributed by atoms with van der Waals surface area (Å²) in [5, 5.41) is 3.14. The van der Waals surface area contributed by atoms with Crippen LogP contribution in [0.1, 0.15) is 43.2 Å². The zero-order valence-corrected chi connectivity index (χ0v) is 14.0. The molecule has 23 heavy (non-hydrogen) atoms. The quantitative estimate of drug-likeness (QED) is 0.877. The number of carbonyl (C=O) groups is 1. The van der Waals surface area contributed by atoms with Crippen LogP contribution >= 0.6 is 0 Å². The fourth-order valence-corrected chi connectivity index (χ4v) is 4.36. The third-order valence-electron chi connectivity index (χ3n) is 5.66. The lowest BCUT2D eigenvalue weighted by Gasteiger charge is -2.43. The number of amides is 1. The van der Waals surface area contributed by atoms with Crippen LogP contribution in [0.4, 0.5) is 0 Å². The molecule has 3 N–H and O–H groups in total. The molecule has 4 nitrogen and oxygen atoms in total. The van der Waals surface area contributed by atoms with E-state index in [1.165, 1.54) is 19.3 Å². The molecule has 0 aliphatic heterocycles. The summed E-state index contributed by atoms with van der Waals surface area (Å²) in [6, 6.07) is 8.43. The van der Waals surface area contributed by atoms with Crippen LogP contribution in [0.2, 0.25) is 0 Å². The number of hydrogen-bond acceptors (Lipinski definition) is 3. The molecule has 2 aliphatic carbocycles. The van der Waals surface area contributed by atoms with Crippen LogP contribution in [-0.4, -0.2) is 19.1 Å².